The highest BCUT2D eigenvalue weighted by Gasteiger charge is 2.23. The average molecular weight is 381 g/mol. The first-order valence-corrected chi connectivity index (χ1v) is 8.97. The molecule has 0 radical (unpaired) electrons. The van der Waals surface area contributed by atoms with Crippen LogP contribution >= 0.6 is 0 Å². The lowest BCUT2D eigenvalue weighted by Crippen LogP contribution is -2.30. The molecule has 0 fully saturated rings. The van der Waals surface area contributed by atoms with Crippen LogP contribution in [0.25, 0.3) is 5.69 Å². The number of rotatable bonds is 5. The Hall–Kier alpha value is -3.35. The summed E-state index contributed by atoms with van der Waals surface area (Å²) in [4.78, 5) is 24.9. The molecule has 0 saturated heterocycles. The topological polar surface area (TPSA) is 86.4 Å². The summed E-state index contributed by atoms with van der Waals surface area (Å²) in [6.07, 6.45) is -0.980. The van der Waals surface area contributed by atoms with E-state index >= 15 is 0 Å². The lowest BCUT2D eigenvalue weighted by atomic mass is 10.2. The molecule has 3 aromatic rings. The van der Waals surface area contributed by atoms with E-state index in [0.717, 1.165) is 22.6 Å². The first-order chi connectivity index (χ1) is 13.3. The van der Waals surface area contributed by atoms with E-state index < -0.39 is 18.0 Å². The van der Waals surface area contributed by atoms with Crippen LogP contribution in [-0.4, -0.2) is 27.7 Å². The third-order valence-electron chi connectivity index (χ3n) is 4.44. The van der Waals surface area contributed by atoms with Gasteiger partial charge in [-0.1, -0.05) is 17.3 Å². The summed E-state index contributed by atoms with van der Waals surface area (Å²) in [5.41, 5.74) is 4.19. The van der Waals surface area contributed by atoms with Gasteiger partial charge in [-0.3, -0.25) is 4.79 Å². The van der Waals surface area contributed by atoms with Crippen molar-refractivity contribution in [3.8, 4) is 5.69 Å². The van der Waals surface area contributed by atoms with Crippen molar-refractivity contribution >= 4 is 17.7 Å². The van der Waals surface area contributed by atoms with Gasteiger partial charge in [-0.2, -0.15) is 0 Å². The van der Waals surface area contributed by atoms with Crippen LogP contribution in [0.4, 0.5) is 5.82 Å². The minimum absolute atomic E-state index is 0.281. The Balaban J connectivity index is 1.75. The smallest absolute Gasteiger partial charge is 0.340 e. The molecule has 7 heteroatoms. The average Bonchev–Trinajstić information content (AvgIpc) is 3.17. The normalized spacial score (nSPS) is 11.9. The molecule has 0 saturated carbocycles. The summed E-state index contributed by atoms with van der Waals surface area (Å²) in [5, 5.41) is 6.25. The number of carbonyl (C=O) groups excluding carboxylic acids is 2. The quantitative estimate of drug-likeness (QED) is 0.678. The zero-order valence-corrected chi connectivity index (χ0v) is 16.6. The van der Waals surface area contributed by atoms with Gasteiger partial charge in [-0.15, -0.1) is 0 Å². The van der Waals surface area contributed by atoms with Crippen LogP contribution in [0, 0.1) is 27.7 Å². The van der Waals surface area contributed by atoms with Gasteiger partial charge >= 0.3 is 5.97 Å². The molecule has 7 nitrogen and oxygen atoms in total. The van der Waals surface area contributed by atoms with Gasteiger partial charge in [0.15, 0.2) is 11.9 Å². The highest BCUT2D eigenvalue weighted by Crippen LogP contribution is 2.22. The van der Waals surface area contributed by atoms with Crippen LogP contribution in [0.15, 0.2) is 40.9 Å². The number of amides is 1. The van der Waals surface area contributed by atoms with Crippen molar-refractivity contribution in [3.63, 3.8) is 0 Å². The van der Waals surface area contributed by atoms with Crippen molar-refractivity contribution in [1.29, 1.82) is 0 Å². The fraction of sp³-hybridized carbons (Fsp3) is 0.286. The number of nitrogens with one attached hydrogen (secondary N) is 1. The third-order valence-corrected chi connectivity index (χ3v) is 4.44. The molecule has 1 aromatic carbocycles. The Labute approximate surface area is 163 Å². The number of hydrogen-bond donors (Lipinski definition) is 1. The molecular formula is C21H23N3O4. The second-order valence-corrected chi connectivity index (χ2v) is 6.82. The molecule has 2 aromatic heterocycles. The van der Waals surface area contributed by atoms with E-state index in [1.807, 2.05) is 49.6 Å². The molecular weight excluding hydrogens is 358 g/mol. The molecule has 28 heavy (non-hydrogen) atoms. The highest BCUT2D eigenvalue weighted by atomic mass is 16.5. The second kappa shape index (κ2) is 7.72. The van der Waals surface area contributed by atoms with Gasteiger partial charge < -0.3 is 19.1 Å². The van der Waals surface area contributed by atoms with Gasteiger partial charge in [0.25, 0.3) is 5.91 Å². The largest absolute Gasteiger partial charge is 0.449 e. The SMILES string of the molecule is Cc1cccc(-n2c(C)cc(C(=O)O[C@@H](C)C(=O)Nc3cc(C)on3)c2C)c1. The van der Waals surface area contributed by atoms with E-state index in [9.17, 15) is 9.59 Å². The van der Waals surface area contributed by atoms with Crippen molar-refractivity contribution in [1.82, 2.24) is 9.72 Å². The molecule has 1 atom stereocenters. The molecule has 1 N–H and O–H groups in total. The lowest BCUT2D eigenvalue weighted by molar-refractivity contribution is -0.123. The molecule has 2 heterocycles. The van der Waals surface area contributed by atoms with E-state index in [1.165, 1.54) is 6.92 Å². The standard InChI is InChI=1S/C21H23N3O4/c1-12-7-6-8-17(9-12)24-13(2)10-18(15(24)4)21(26)27-16(5)20(25)22-19-11-14(3)28-23-19/h6-11,16H,1-5H3,(H,22,23,25)/t16-/m0/s1. The number of hydrogen-bond acceptors (Lipinski definition) is 5. The maximum absolute atomic E-state index is 12.7. The molecule has 0 unspecified atom stereocenters. The third kappa shape index (κ3) is 3.98. The summed E-state index contributed by atoms with van der Waals surface area (Å²) in [6, 6.07) is 11.4. The fourth-order valence-electron chi connectivity index (χ4n) is 3.06. The van der Waals surface area contributed by atoms with Gasteiger partial charge in [0.1, 0.15) is 5.76 Å². The van der Waals surface area contributed by atoms with E-state index in [2.05, 4.69) is 10.5 Å². The van der Waals surface area contributed by atoms with Crippen LogP contribution in [0.1, 0.15) is 40.0 Å². The van der Waals surface area contributed by atoms with Crippen LogP contribution in [-0.2, 0) is 9.53 Å². The van der Waals surface area contributed by atoms with Crippen LogP contribution in [0.3, 0.4) is 0 Å². The number of aryl methyl sites for hydroxylation is 3. The molecule has 0 aliphatic heterocycles. The number of benzene rings is 1. The van der Waals surface area contributed by atoms with Crippen LogP contribution < -0.4 is 5.32 Å². The lowest BCUT2D eigenvalue weighted by Gasteiger charge is -2.13. The molecule has 0 aliphatic carbocycles. The van der Waals surface area contributed by atoms with Crippen molar-refractivity contribution in [3.05, 3.63) is 64.7 Å². The number of nitrogens with zero attached hydrogens (tertiary/aromatic N) is 2. The van der Waals surface area contributed by atoms with Crippen molar-refractivity contribution in [2.45, 2.75) is 40.7 Å². The number of carbonyl (C=O) groups is 2. The van der Waals surface area contributed by atoms with Crippen molar-refractivity contribution < 1.29 is 18.8 Å². The predicted octanol–water partition coefficient (Wildman–Crippen LogP) is 3.88. The zero-order valence-electron chi connectivity index (χ0n) is 16.6. The first-order valence-electron chi connectivity index (χ1n) is 8.97. The molecule has 0 aliphatic rings. The summed E-state index contributed by atoms with van der Waals surface area (Å²) in [7, 11) is 0. The molecule has 0 spiro atoms. The van der Waals surface area contributed by atoms with E-state index in [-0.39, 0.29) is 5.82 Å². The van der Waals surface area contributed by atoms with Gasteiger partial charge in [0.05, 0.1) is 5.56 Å². The van der Waals surface area contributed by atoms with E-state index in [0.29, 0.717) is 11.3 Å². The van der Waals surface area contributed by atoms with Crippen LogP contribution in [0.5, 0.6) is 0 Å². The number of esters is 1. The van der Waals surface area contributed by atoms with Crippen LogP contribution in [0.2, 0.25) is 0 Å². The minimum atomic E-state index is -0.980. The maximum Gasteiger partial charge on any atom is 0.340 e. The van der Waals surface area contributed by atoms with Gasteiger partial charge in [0, 0.05) is 23.1 Å². The molecule has 0 bridgehead atoms. The Morgan fingerprint density at radius 1 is 1.14 bits per heavy atom. The molecule has 1 amide bonds. The number of aromatic nitrogens is 2. The van der Waals surface area contributed by atoms with Crippen molar-refractivity contribution in [2.24, 2.45) is 0 Å². The summed E-state index contributed by atoms with van der Waals surface area (Å²) in [5.74, 6) is -0.174. The first kappa shape index (κ1) is 19.4. The van der Waals surface area contributed by atoms with E-state index in [4.69, 9.17) is 9.26 Å². The number of ether oxygens (including phenoxy) is 1. The molecule has 146 valence electrons. The van der Waals surface area contributed by atoms with Crippen molar-refractivity contribution in [2.75, 3.05) is 5.32 Å². The minimum Gasteiger partial charge on any atom is -0.449 e. The fourth-order valence-corrected chi connectivity index (χ4v) is 3.06. The Morgan fingerprint density at radius 3 is 2.54 bits per heavy atom. The maximum atomic E-state index is 12.7. The number of anilines is 1. The molecule has 3 rings (SSSR count). The Kier molecular flexibility index (Phi) is 5.35. The summed E-state index contributed by atoms with van der Waals surface area (Å²) in [6.45, 7) is 9.03. The Morgan fingerprint density at radius 2 is 1.89 bits per heavy atom. The highest BCUT2D eigenvalue weighted by molar-refractivity contribution is 5.97. The monoisotopic (exact) mass is 381 g/mol. The zero-order chi connectivity index (χ0) is 20.4. The second-order valence-electron chi connectivity index (χ2n) is 6.82. The van der Waals surface area contributed by atoms with E-state index in [1.54, 1.807) is 19.1 Å². The van der Waals surface area contributed by atoms with Gasteiger partial charge in [-0.05, 0) is 58.4 Å². The van der Waals surface area contributed by atoms with Gasteiger partial charge in [0.2, 0.25) is 0 Å². The summed E-state index contributed by atoms with van der Waals surface area (Å²) >= 11 is 0. The predicted molar refractivity (Wildman–Crippen MR) is 105 cm³/mol. The summed E-state index contributed by atoms with van der Waals surface area (Å²) < 4.78 is 12.3. The van der Waals surface area contributed by atoms with Gasteiger partial charge in [-0.25, -0.2) is 4.79 Å². The Bertz CT molecular complexity index is 1030.